The van der Waals surface area contributed by atoms with Crippen LogP contribution in [-0.4, -0.2) is 63.1 Å². The van der Waals surface area contributed by atoms with Crippen LogP contribution in [0.1, 0.15) is 59.6 Å². The van der Waals surface area contributed by atoms with Gasteiger partial charge in [-0.15, -0.1) is 0 Å². The van der Waals surface area contributed by atoms with Gasteiger partial charge in [0.15, 0.2) is 0 Å². The number of fused-ring (bicyclic) bond motifs is 1. The number of benzene rings is 3. The Bertz CT molecular complexity index is 1440. The highest BCUT2D eigenvalue weighted by molar-refractivity contribution is 6.30. The molecule has 1 saturated heterocycles. The quantitative estimate of drug-likeness (QED) is 0.362. The number of aliphatic hydroxyl groups is 1. The number of hydrogen-bond donors (Lipinski definition) is 3. The number of aliphatic hydroxyl groups excluding tert-OH is 1. The normalized spacial score (nSPS) is 18.6. The van der Waals surface area contributed by atoms with Gasteiger partial charge >= 0.3 is 6.09 Å². The molecule has 0 radical (unpaired) electrons. The third-order valence-electron chi connectivity index (χ3n) is 8.46. The monoisotopic (exact) mass is 589 g/mol. The summed E-state index contributed by atoms with van der Waals surface area (Å²) in [6, 6.07) is 20.7. The average molecular weight is 590 g/mol. The van der Waals surface area contributed by atoms with Crippen LogP contribution in [0.25, 0.3) is 0 Å². The second kappa shape index (κ2) is 13.0. The lowest BCUT2D eigenvalue weighted by molar-refractivity contribution is -0.138. The highest BCUT2D eigenvalue weighted by atomic mass is 35.5. The molecule has 0 aliphatic carbocycles. The van der Waals surface area contributed by atoms with Gasteiger partial charge in [0.25, 0.3) is 0 Å². The molecule has 2 aliphatic rings. The summed E-state index contributed by atoms with van der Waals surface area (Å²) in [5.41, 5.74) is 4.65. The van der Waals surface area contributed by atoms with Crippen molar-refractivity contribution >= 4 is 29.5 Å². The molecule has 8 nitrogen and oxygen atoms in total. The van der Waals surface area contributed by atoms with Gasteiger partial charge < -0.3 is 20.4 Å². The number of nitrogens with zero attached hydrogens (tertiary/aromatic N) is 2. The SMILES string of the molecule is CC(O)c1ccccc1C1CCN(C(=O)[C@@H](Cc2ccc(Cl)cc2)NC(=O)[C@@H]2Cc3ccccc3CN2C(=O)O)CC1. The van der Waals surface area contributed by atoms with Gasteiger partial charge in [-0.05, 0) is 65.6 Å². The minimum Gasteiger partial charge on any atom is -0.465 e. The summed E-state index contributed by atoms with van der Waals surface area (Å²) in [6.07, 6.45) is 0.224. The lowest BCUT2D eigenvalue weighted by atomic mass is 9.85. The zero-order valence-corrected chi connectivity index (χ0v) is 24.3. The zero-order valence-electron chi connectivity index (χ0n) is 23.6. The molecule has 3 N–H and O–H groups in total. The van der Waals surface area contributed by atoms with Crippen molar-refractivity contribution in [3.8, 4) is 0 Å². The fraction of sp³-hybridized carbons (Fsp3) is 0.364. The number of carboxylic acid groups (broad SMARTS) is 1. The number of carbonyl (C=O) groups excluding carboxylic acids is 2. The standard InChI is InChI=1S/C33H36ClN3O5/c1-21(38)27-8-4-5-9-28(27)23-14-16-36(17-15-23)32(40)29(18-22-10-12-26(34)13-11-22)35-31(39)30-19-24-6-2-3-7-25(24)20-37(30)33(41)42/h2-13,21,23,29-30,38H,14-20H2,1H3,(H,35,39)(H,41,42)/t21?,29-,30+/m1/s1. The third kappa shape index (κ3) is 6.61. The molecule has 0 bridgehead atoms. The van der Waals surface area contributed by atoms with E-state index in [9.17, 15) is 24.6 Å². The maximum absolute atomic E-state index is 13.9. The van der Waals surface area contributed by atoms with Gasteiger partial charge in [-0.3, -0.25) is 14.5 Å². The maximum Gasteiger partial charge on any atom is 0.408 e. The Morgan fingerprint density at radius 2 is 1.60 bits per heavy atom. The van der Waals surface area contributed by atoms with Gasteiger partial charge in [0.2, 0.25) is 11.8 Å². The van der Waals surface area contributed by atoms with Gasteiger partial charge in [0.05, 0.1) is 12.6 Å². The maximum atomic E-state index is 13.9. The topological polar surface area (TPSA) is 110 Å². The van der Waals surface area contributed by atoms with Gasteiger partial charge in [0, 0.05) is 31.0 Å². The predicted molar refractivity (Wildman–Crippen MR) is 160 cm³/mol. The third-order valence-corrected chi connectivity index (χ3v) is 8.71. The number of nitrogens with one attached hydrogen (secondary N) is 1. The number of rotatable bonds is 7. The summed E-state index contributed by atoms with van der Waals surface area (Å²) in [7, 11) is 0. The van der Waals surface area contributed by atoms with E-state index in [1.54, 1.807) is 24.0 Å². The number of halogens is 1. The molecule has 42 heavy (non-hydrogen) atoms. The molecule has 3 amide bonds. The summed E-state index contributed by atoms with van der Waals surface area (Å²) >= 11 is 6.08. The zero-order chi connectivity index (χ0) is 29.8. The predicted octanol–water partition coefficient (Wildman–Crippen LogP) is 4.93. The molecular weight excluding hydrogens is 554 g/mol. The molecule has 220 valence electrons. The summed E-state index contributed by atoms with van der Waals surface area (Å²) in [4.78, 5) is 42.7. The second-order valence-corrected chi connectivity index (χ2v) is 11.6. The number of amides is 3. The molecule has 0 aromatic heterocycles. The first-order chi connectivity index (χ1) is 20.2. The first-order valence-corrected chi connectivity index (χ1v) is 14.8. The Hall–Kier alpha value is -3.88. The molecular formula is C33H36ClN3O5. The van der Waals surface area contributed by atoms with Crippen molar-refractivity contribution in [2.24, 2.45) is 0 Å². The van der Waals surface area contributed by atoms with E-state index in [0.29, 0.717) is 18.1 Å². The van der Waals surface area contributed by atoms with E-state index >= 15 is 0 Å². The van der Waals surface area contributed by atoms with Crippen molar-refractivity contribution in [2.75, 3.05) is 13.1 Å². The van der Waals surface area contributed by atoms with Crippen LogP contribution in [0.3, 0.4) is 0 Å². The van der Waals surface area contributed by atoms with Gasteiger partial charge in [-0.2, -0.15) is 0 Å². The van der Waals surface area contributed by atoms with Crippen LogP contribution in [0.4, 0.5) is 4.79 Å². The largest absolute Gasteiger partial charge is 0.465 e. The molecule has 0 saturated carbocycles. The van der Waals surface area contributed by atoms with Crippen LogP contribution < -0.4 is 5.32 Å². The summed E-state index contributed by atoms with van der Waals surface area (Å²) in [5.74, 6) is -0.464. The minimum absolute atomic E-state index is 0.112. The fourth-order valence-electron chi connectivity index (χ4n) is 6.18. The van der Waals surface area contributed by atoms with Crippen LogP contribution in [0.5, 0.6) is 0 Å². The molecule has 1 fully saturated rings. The fourth-order valence-corrected chi connectivity index (χ4v) is 6.30. The Balaban J connectivity index is 1.33. The molecule has 5 rings (SSSR count). The Morgan fingerprint density at radius 3 is 2.26 bits per heavy atom. The van der Waals surface area contributed by atoms with Crippen LogP contribution in [-0.2, 0) is 29.0 Å². The van der Waals surface area contributed by atoms with Crippen LogP contribution in [0.15, 0.2) is 72.8 Å². The smallest absolute Gasteiger partial charge is 0.408 e. The minimum atomic E-state index is -1.18. The summed E-state index contributed by atoms with van der Waals surface area (Å²) in [5, 5.41) is 23.7. The highest BCUT2D eigenvalue weighted by Crippen LogP contribution is 2.33. The summed E-state index contributed by atoms with van der Waals surface area (Å²) < 4.78 is 0. The van der Waals surface area contributed by atoms with Gasteiger partial charge in [-0.1, -0.05) is 72.3 Å². The van der Waals surface area contributed by atoms with E-state index < -0.39 is 30.2 Å². The van der Waals surface area contributed by atoms with Crippen molar-refractivity contribution in [3.63, 3.8) is 0 Å². The van der Waals surface area contributed by atoms with Gasteiger partial charge in [0.1, 0.15) is 12.1 Å². The molecule has 2 heterocycles. The number of carbonyl (C=O) groups is 3. The van der Waals surface area contributed by atoms with E-state index in [1.807, 2.05) is 60.7 Å². The second-order valence-electron chi connectivity index (χ2n) is 11.2. The number of likely N-dealkylation sites (tertiary alicyclic amines) is 1. The van der Waals surface area contributed by atoms with Crippen molar-refractivity contribution in [1.29, 1.82) is 0 Å². The van der Waals surface area contributed by atoms with Crippen LogP contribution >= 0.6 is 11.6 Å². The number of piperidine rings is 1. The molecule has 3 aromatic carbocycles. The average Bonchev–Trinajstić information content (AvgIpc) is 3.00. The van der Waals surface area contributed by atoms with E-state index in [4.69, 9.17) is 11.6 Å². The Labute approximate surface area is 250 Å². The van der Waals surface area contributed by atoms with E-state index in [1.165, 1.54) is 0 Å². The Morgan fingerprint density at radius 1 is 0.952 bits per heavy atom. The lowest BCUT2D eigenvalue weighted by Gasteiger charge is -2.37. The van der Waals surface area contributed by atoms with Crippen molar-refractivity contribution < 1.29 is 24.6 Å². The molecule has 3 aromatic rings. The molecule has 2 aliphatic heterocycles. The van der Waals surface area contributed by atoms with Crippen molar-refractivity contribution in [3.05, 3.63) is 106 Å². The van der Waals surface area contributed by atoms with Gasteiger partial charge in [-0.25, -0.2) is 4.79 Å². The van der Waals surface area contributed by atoms with E-state index in [-0.39, 0.29) is 31.2 Å². The first kappa shape index (κ1) is 29.6. The van der Waals surface area contributed by atoms with Crippen molar-refractivity contribution in [2.45, 2.75) is 63.3 Å². The molecule has 1 unspecified atom stereocenters. The van der Waals surface area contributed by atoms with E-state index in [0.717, 1.165) is 45.6 Å². The Kier molecular flexibility index (Phi) is 9.14. The molecule has 0 spiro atoms. The van der Waals surface area contributed by atoms with E-state index in [2.05, 4.69) is 5.32 Å². The van der Waals surface area contributed by atoms with Crippen molar-refractivity contribution in [1.82, 2.24) is 15.1 Å². The summed E-state index contributed by atoms with van der Waals surface area (Å²) in [6.45, 7) is 2.91. The molecule has 3 atom stereocenters. The molecule has 9 heteroatoms. The highest BCUT2D eigenvalue weighted by Gasteiger charge is 2.37. The van der Waals surface area contributed by atoms with Crippen LogP contribution in [0.2, 0.25) is 5.02 Å². The van der Waals surface area contributed by atoms with Crippen LogP contribution in [0, 0.1) is 0 Å². The first-order valence-electron chi connectivity index (χ1n) is 14.4. The lowest BCUT2D eigenvalue weighted by Crippen LogP contribution is -2.58. The number of hydrogen-bond acceptors (Lipinski definition) is 4.